The van der Waals surface area contributed by atoms with Gasteiger partial charge in [0.1, 0.15) is 0 Å². The SMILES string of the molecule is CCOC(=O)C1OC2(CC=C(C(C#N)(C#N)C3=CC(=O)CC3)CC2)OC1C(=O)OCC. The van der Waals surface area contributed by atoms with Crippen molar-refractivity contribution in [1.29, 1.82) is 10.5 Å². The first kappa shape index (κ1) is 22.7. The Morgan fingerprint density at radius 3 is 2.03 bits per heavy atom. The van der Waals surface area contributed by atoms with E-state index in [1.165, 1.54) is 6.08 Å². The number of esters is 2. The van der Waals surface area contributed by atoms with E-state index < -0.39 is 35.3 Å². The Kier molecular flexibility index (Phi) is 6.59. The Morgan fingerprint density at radius 2 is 1.65 bits per heavy atom. The second-order valence-electron chi connectivity index (χ2n) is 7.53. The number of nitrogens with zero attached hydrogens (tertiary/aromatic N) is 2. The van der Waals surface area contributed by atoms with Crippen LogP contribution in [-0.2, 0) is 33.3 Å². The summed E-state index contributed by atoms with van der Waals surface area (Å²) in [5.41, 5.74) is -0.469. The monoisotopic (exact) mass is 428 g/mol. The van der Waals surface area contributed by atoms with E-state index in [1.54, 1.807) is 19.9 Å². The van der Waals surface area contributed by atoms with Crippen LogP contribution in [0, 0.1) is 28.1 Å². The molecule has 1 fully saturated rings. The summed E-state index contributed by atoms with van der Waals surface area (Å²) in [6.45, 7) is 3.52. The second-order valence-corrected chi connectivity index (χ2v) is 7.53. The normalized spacial score (nSPS) is 27.8. The minimum absolute atomic E-state index is 0.102. The third-order valence-electron chi connectivity index (χ3n) is 5.71. The van der Waals surface area contributed by atoms with Gasteiger partial charge >= 0.3 is 11.9 Å². The molecule has 31 heavy (non-hydrogen) atoms. The average molecular weight is 428 g/mol. The summed E-state index contributed by atoms with van der Waals surface area (Å²) in [7, 11) is 0. The van der Waals surface area contributed by atoms with E-state index in [1.807, 2.05) is 0 Å². The number of ether oxygens (including phenoxy) is 4. The molecule has 2 atom stereocenters. The molecule has 1 saturated heterocycles. The lowest BCUT2D eigenvalue weighted by molar-refractivity contribution is -0.193. The van der Waals surface area contributed by atoms with Crippen molar-refractivity contribution < 1.29 is 33.3 Å². The van der Waals surface area contributed by atoms with Gasteiger partial charge in [0.25, 0.3) is 0 Å². The van der Waals surface area contributed by atoms with Crippen LogP contribution in [-0.4, -0.2) is 48.9 Å². The number of hydrogen-bond donors (Lipinski definition) is 0. The molecule has 0 bridgehead atoms. The van der Waals surface area contributed by atoms with E-state index >= 15 is 0 Å². The molecule has 0 amide bonds. The first-order valence-corrected chi connectivity index (χ1v) is 10.3. The molecule has 2 aliphatic carbocycles. The fraction of sp³-hybridized carbons (Fsp3) is 0.591. The number of hydrogen-bond acceptors (Lipinski definition) is 9. The van der Waals surface area contributed by atoms with Crippen molar-refractivity contribution >= 4 is 17.7 Å². The zero-order valence-electron chi connectivity index (χ0n) is 17.5. The number of rotatable bonds is 6. The van der Waals surface area contributed by atoms with Gasteiger partial charge in [0.15, 0.2) is 29.2 Å². The summed E-state index contributed by atoms with van der Waals surface area (Å²) in [4.78, 5) is 36.4. The van der Waals surface area contributed by atoms with Crippen molar-refractivity contribution in [3.8, 4) is 12.1 Å². The van der Waals surface area contributed by atoms with Gasteiger partial charge in [-0.15, -0.1) is 0 Å². The summed E-state index contributed by atoms with van der Waals surface area (Å²) in [6.07, 6.45) is 1.79. The number of nitriles is 2. The van der Waals surface area contributed by atoms with Crippen LogP contribution in [0.15, 0.2) is 23.3 Å². The minimum Gasteiger partial charge on any atom is -0.464 e. The van der Waals surface area contributed by atoms with E-state index in [0.717, 1.165) is 0 Å². The van der Waals surface area contributed by atoms with Gasteiger partial charge in [-0.05, 0) is 43.9 Å². The van der Waals surface area contributed by atoms with Gasteiger partial charge in [-0.1, -0.05) is 6.08 Å². The number of carbonyl (C=O) groups is 3. The summed E-state index contributed by atoms with van der Waals surface area (Å²) in [6, 6.07) is 4.17. The number of carbonyl (C=O) groups excluding carboxylic acids is 3. The highest BCUT2D eigenvalue weighted by Gasteiger charge is 2.56. The number of allylic oxidation sites excluding steroid dienone is 3. The van der Waals surface area contributed by atoms with E-state index in [4.69, 9.17) is 18.9 Å². The molecule has 0 aromatic heterocycles. The average Bonchev–Trinajstić information content (AvgIpc) is 3.36. The summed E-state index contributed by atoms with van der Waals surface area (Å²) in [5, 5.41) is 19.7. The van der Waals surface area contributed by atoms with Crippen molar-refractivity contribution in [1.82, 2.24) is 0 Å². The summed E-state index contributed by atoms with van der Waals surface area (Å²) >= 11 is 0. The Bertz CT molecular complexity index is 881. The largest absolute Gasteiger partial charge is 0.464 e. The molecule has 0 radical (unpaired) electrons. The Labute approximate surface area is 180 Å². The van der Waals surface area contributed by atoms with Crippen molar-refractivity contribution in [3.63, 3.8) is 0 Å². The first-order valence-electron chi connectivity index (χ1n) is 10.3. The predicted molar refractivity (Wildman–Crippen MR) is 104 cm³/mol. The van der Waals surface area contributed by atoms with Crippen LogP contribution < -0.4 is 0 Å². The van der Waals surface area contributed by atoms with Crippen molar-refractivity contribution in [2.75, 3.05) is 13.2 Å². The highest BCUT2D eigenvalue weighted by atomic mass is 16.8. The first-order chi connectivity index (χ1) is 14.8. The fourth-order valence-corrected chi connectivity index (χ4v) is 4.18. The van der Waals surface area contributed by atoms with E-state index in [-0.39, 0.29) is 44.7 Å². The predicted octanol–water partition coefficient (Wildman–Crippen LogP) is 2.03. The molecule has 0 aromatic carbocycles. The van der Waals surface area contributed by atoms with Crippen LogP contribution in [0.3, 0.4) is 0 Å². The Hall–Kier alpha value is -3.01. The van der Waals surface area contributed by atoms with Crippen molar-refractivity contribution in [2.45, 2.75) is 63.9 Å². The van der Waals surface area contributed by atoms with Gasteiger partial charge in [-0.25, -0.2) is 9.59 Å². The highest BCUT2D eigenvalue weighted by molar-refractivity contribution is 5.93. The van der Waals surface area contributed by atoms with Crippen LogP contribution in [0.2, 0.25) is 0 Å². The fourth-order valence-electron chi connectivity index (χ4n) is 4.18. The van der Waals surface area contributed by atoms with Crippen LogP contribution >= 0.6 is 0 Å². The highest BCUT2D eigenvalue weighted by Crippen LogP contribution is 2.48. The molecule has 9 nitrogen and oxygen atoms in total. The molecule has 3 aliphatic rings. The third-order valence-corrected chi connectivity index (χ3v) is 5.71. The van der Waals surface area contributed by atoms with Crippen LogP contribution in [0.4, 0.5) is 0 Å². The smallest absolute Gasteiger partial charge is 0.338 e. The quantitative estimate of drug-likeness (QED) is 0.460. The van der Waals surface area contributed by atoms with Crippen molar-refractivity contribution in [3.05, 3.63) is 23.3 Å². The lowest BCUT2D eigenvalue weighted by Crippen LogP contribution is -2.39. The van der Waals surface area contributed by atoms with Crippen LogP contribution in [0.5, 0.6) is 0 Å². The molecule has 0 aromatic rings. The lowest BCUT2D eigenvalue weighted by Gasteiger charge is -2.34. The molecular weight excluding hydrogens is 404 g/mol. The Morgan fingerprint density at radius 1 is 1.06 bits per heavy atom. The second kappa shape index (κ2) is 9.01. The molecular formula is C22H24N2O7. The maximum absolute atomic E-state index is 12.3. The summed E-state index contributed by atoms with van der Waals surface area (Å²) < 4.78 is 21.8. The van der Waals surface area contributed by atoms with Gasteiger partial charge in [-0.3, -0.25) is 4.79 Å². The van der Waals surface area contributed by atoms with Crippen LogP contribution in [0.25, 0.3) is 0 Å². The van der Waals surface area contributed by atoms with E-state index in [9.17, 15) is 24.9 Å². The van der Waals surface area contributed by atoms with E-state index in [0.29, 0.717) is 17.6 Å². The maximum atomic E-state index is 12.3. The van der Waals surface area contributed by atoms with E-state index in [2.05, 4.69) is 12.1 Å². The third kappa shape index (κ3) is 4.12. The van der Waals surface area contributed by atoms with Gasteiger partial charge in [0.2, 0.25) is 0 Å². The number of ketones is 1. The maximum Gasteiger partial charge on any atom is 0.338 e. The molecule has 9 heteroatoms. The molecule has 1 heterocycles. The topological polar surface area (TPSA) is 136 Å². The summed E-state index contributed by atoms with van der Waals surface area (Å²) in [5.74, 6) is -2.81. The van der Waals surface area contributed by atoms with Gasteiger partial charge < -0.3 is 18.9 Å². The van der Waals surface area contributed by atoms with Gasteiger partial charge in [0.05, 0.1) is 25.4 Å². The molecule has 0 saturated carbocycles. The molecule has 164 valence electrons. The molecule has 1 aliphatic heterocycles. The van der Waals surface area contributed by atoms with Gasteiger partial charge in [0, 0.05) is 19.3 Å². The molecule has 0 N–H and O–H groups in total. The Balaban J connectivity index is 1.86. The zero-order valence-corrected chi connectivity index (χ0v) is 17.5. The lowest BCUT2D eigenvalue weighted by atomic mass is 9.71. The van der Waals surface area contributed by atoms with Gasteiger partial charge in [-0.2, -0.15) is 10.5 Å². The molecule has 1 spiro atoms. The molecule has 3 rings (SSSR count). The standard InChI is InChI=1S/C22H24N2O7/c1-3-28-19(26)17-18(20(27)29-4-2)31-22(30-17)9-7-14(8-10-22)21(12-23,13-24)15-5-6-16(25)11-15/h7,11,17-18H,3-6,8-10H2,1-2H3. The van der Waals surface area contributed by atoms with Crippen molar-refractivity contribution in [2.24, 2.45) is 5.41 Å². The molecule has 2 unspecified atom stereocenters. The minimum atomic E-state index is -1.52. The van der Waals surface area contributed by atoms with Crippen LogP contribution in [0.1, 0.15) is 46.0 Å². The zero-order chi connectivity index (χ0) is 22.6.